The maximum Gasteiger partial charge on any atom is 0.256 e. The number of oxazole rings is 1. The molecule has 4 aromatic rings. The van der Waals surface area contributed by atoms with Crippen LogP contribution in [0.15, 0.2) is 56.3 Å². The second-order valence-corrected chi connectivity index (χ2v) is 9.51. The van der Waals surface area contributed by atoms with Crippen molar-refractivity contribution in [3.05, 3.63) is 70.9 Å². The molecule has 6 nitrogen and oxygen atoms in total. The van der Waals surface area contributed by atoms with Crippen LogP contribution in [0.3, 0.4) is 0 Å². The van der Waals surface area contributed by atoms with Crippen molar-refractivity contribution < 1.29 is 13.7 Å². The highest BCUT2D eigenvalue weighted by atomic mass is 32.2. The van der Waals surface area contributed by atoms with Gasteiger partial charge in [0.1, 0.15) is 11.3 Å². The van der Waals surface area contributed by atoms with E-state index in [0.29, 0.717) is 28.5 Å². The van der Waals surface area contributed by atoms with Crippen molar-refractivity contribution in [1.82, 2.24) is 10.1 Å². The molecule has 1 N–H and O–H groups in total. The molecule has 2 aromatic carbocycles. The molecule has 0 saturated heterocycles. The van der Waals surface area contributed by atoms with Gasteiger partial charge in [-0.25, -0.2) is 4.98 Å². The largest absolute Gasteiger partial charge is 0.440 e. The van der Waals surface area contributed by atoms with Gasteiger partial charge in [0, 0.05) is 27.3 Å². The van der Waals surface area contributed by atoms with Gasteiger partial charge in [-0.3, -0.25) is 4.79 Å². The van der Waals surface area contributed by atoms with Crippen LogP contribution in [0, 0.1) is 13.8 Å². The maximum absolute atomic E-state index is 13.0. The van der Waals surface area contributed by atoms with Gasteiger partial charge in [-0.15, -0.1) is 11.8 Å². The molecule has 0 spiro atoms. The zero-order valence-corrected chi connectivity index (χ0v) is 19.1. The highest BCUT2D eigenvalue weighted by molar-refractivity contribution is 7.98. The van der Waals surface area contributed by atoms with Crippen molar-refractivity contribution in [2.45, 2.75) is 50.7 Å². The molecule has 0 saturated carbocycles. The summed E-state index contributed by atoms with van der Waals surface area (Å²) in [7, 11) is 0. The molecule has 0 aliphatic rings. The van der Waals surface area contributed by atoms with E-state index in [4.69, 9.17) is 8.94 Å². The highest BCUT2D eigenvalue weighted by Gasteiger charge is 2.21. The van der Waals surface area contributed by atoms with E-state index in [1.54, 1.807) is 11.8 Å². The summed E-state index contributed by atoms with van der Waals surface area (Å²) in [6.45, 7) is 9.99. The molecular weight excluding hydrogens is 410 g/mol. The molecule has 0 aliphatic heterocycles. The van der Waals surface area contributed by atoms with Gasteiger partial charge in [-0.2, -0.15) is 0 Å². The SMILES string of the molecule is Cc1noc(C)c1CSc1ccccc1C(=O)Nc1ccc2oc(C(C)(C)C)nc2c1. The van der Waals surface area contributed by atoms with Crippen LogP contribution in [0.5, 0.6) is 0 Å². The standard InChI is InChI=1S/C24H25N3O3S/c1-14-18(15(2)30-27-14)13-31-21-9-7-6-8-17(21)22(28)25-16-10-11-20-19(12-16)26-23(29-20)24(3,4)5/h6-12H,13H2,1-5H3,(H,25,28). The molecule has 0 radical (unpaired) electrons. The number of fused-ring (bicyclic) bond motifs is 1. The minimum Gasteiger partial charge on any atom is -0.440 e. The van der Waals surface area contributed by atoms with E-state index >= 15 is 0 Å². The first kappa shape index (κ1) is 21.2. The minimum atomic E-state index is -0.181. The lowest BCUT2D eigenvalue weighted by Gasteiger charge is -2.11. The Kier molecular flexibility index (Phi) is 5.62. The van der Waals surface area contributed by atoms with Gasteiger partial charge >= 0.3 is 0 Å². The second-order valence-electron chi connectivity index (χ2n) is 8.49. The van der Waals surface area contributed by atoms with Gasteiger partial charge in [0.25, 0.3) is 5.91 Å². The summed E-state index contributed by atoms with van der Waals surface area (Å²) < 4.78 is 11.1. The number of thioether (sulfide) groups is 1. The Morgan fingerprint density at radius 3 is 2.61 bits per heavy atom. The molecular formula is C24H25N3O3S. The fourth-order valence-corrected chi connectivity index (χ4v) is 4.37. The normalized spacial score (nSPS) is 11.8. The molecule has 0 aliphatic carbocycles. The van der Waals surface area contributed by atoms with Gasteiger partial charge < -0.3 is 14.3 Å². The van der Waals surface area contributed by atoms with Crippen molar-refractivity contribution >= 4 is 34.5 Å². The summed E-state index contributed by atoms with van der Waals surface area (Å²) in [5.74, 6) is 2.00. The number of benzene rings is 2. The third kappa shape index (κ3) is 4.51. The predicted molar refractivity (Wildman–Crippen MR) is 123 cm³/mol. The van der Waals surface area contributed by atoms with E-state index in [9.17, 15) is 4.79 Å². The van der Waals surface area contributed by atoms with E-state index in [0.717, 1.165) is 27.4 Å². The van der Waals surface area contributed by atoms with Gasteiger partial charge in [-0.05, 0) is 44.2 Å². The number of rotatable bonds is 5. The summed E-state index contributed by atoms with van der Waals surface area (Å²) in [4.78, 5) is 18.5. The highest BCUT2D eigenvalue weighted by Crippen LogP contribution is 2.30. The fourth-order valence-electron chi connectivity index (χ4n) is 3.16. The topological polar surface area (TPSA) is 81.2 Å². The number of carbonyl (C=O) groups is 1. The van der Waals surface area contributed by atoms with Crippen LogP contribution >= 0.6 is 11.8 Å². The van der Waals surface area contributed by atoms with Crippen molar-refractivity contribution in [3.63, 3.8) is 0 Å². The van der Waals surface area contributed by atoms with E-state index < -0.39 is 0 Å². The van der Waals surface area contributed by atoms with Gasteiger partial charge in [-0.1, -0.05) is 38.1 Å². The number of hydrogen-bond acceptors (Lipinski definition) is 6. The van der Waals surface area contributed by atoms with E-state index in [2.05, 4.69) is 36.2 Å². The summed E-state index contributed by atoms with van der Waals surface area (Å²) in [5.41, 5.74) is 4.49. The molecule has 1 amide bonds. The third-order valence-electron chi connectivity index (χ3n) is 4.97. The number of hydrogen-bond donors (Lipinski definition) is 1. The summed E-state index contributed by atoms with van der Waals surface area (Å²) >= 11 is 1.59. The van der Waals surface area contributed by atoms with Crippen LogP contribution in [0.25, 0.3) is 11.1 Å². The fraction of sp³-hybridized carbons (Fsp3) is 0.292. The Morgan fingerprint density at radius 2 is 1.90 bits per heavy atom. The van der Waals surface area contributed by atoms with Gasteiger partial charge in [0.2, 0.25) is 5.89 Å². The Hall–Kier alpha value is -3.06. The van der Waals surface area contributed by atoms with Gasteiger partial charge in [0.05, 0.1) is 11.3 Å². The van der Waals surface area contributed by atoms with E-state index in [1.165, 1.54) is 0 Å². The Balaban J connectivity index is 1.53. The smallest absolute Gasteiger partial charge is 0.256 e. The molecule has 0 unspecified atom stereocenters. The number of aromatic nitrogens is 2. The first-order valence-electron chi connectivity index (χ1n) is 10.1. The molecule has 2 heterocycles. The summed E-state index contributed by atoms with van der Waals surface area (Å²) in [6, 6.07) is 13.1. The predicted octanol–water partition coefficient (Wildman–Crippen LogP) is 6.27. The summed E-state index contributed by atoms with van der Waals surface area (Å²) in [6.07, 6.45) is 0. The van der Waals surface area contributed by atoms with Crippen LogP contribution in [-0.4, -0.2) is 16.0 Å². The molecule has 0 fully saturated rings. The number of amides is 1. The van der Waals surface area contributed by atoms with Crippen LogP contribution in [0.2, 0.25) is 0 Å². The Labute approximate surface area is 185 Å². The quantitative estimate of drug-likeness (QED) is 0.372. The lowest BCUT2D eigenvalue weighted by Crippen LogP contribution is -2.13. The molecule has 160 valence electrons. The summed E-state index contributed by atoms with van der Waals surface area (Å²) in [5, 5.41) is 6.99. The first-order chi connectivity index (χ1) is 14.7. The van der Waals surface area contributed by atoms with Crippen molar-refractivity contribution in [2.24, 2.45) is 0 Å². The van der Waals surface area contributed by atoms with Crippen molar-refractivity contribution in [3.8, 4) is 0 Å². The number of nitrogens with one attached hydrogen (secondary N) is 1. The number of nitrogens with zero attached hydrogens (tertiary/aromatic N) is 2. The van der Waals surface area contributed by atoms with Crippen molar-refractivity contribution in [2.75, 3.05) is 5.32 Å². The lowest BCUT2D eigenvalue weighted by molar-refractivity contribution is 0.102. The zero-order chi connectivity index (χ0) is 22.2. The molecule has 31 heavy (non-hydrogen) atoms. The molecule has 2 aromatic heterocycles. The molecule has 0 bridgehead atoms. The number of anilines is 1. The third-order valence-corrected chi connectivity index (χ3v) is 6.07. The zero-order valence-electron chi connectivity index (χ0n) is 18.3. The maximum atomic E-state index is 13.0. The van der Waals surface area contributed by atoms with Crippen LogP contribution in [0.1, 0.15) is 54.0 Å². The monoisotopic (exact) mass is 435 g/mol. The van der Waals surface area contributed by atoms with Crippen molar-refractivity contribution in [1.29, 1.82) is 0 Å². The molecule has 7 heteroatoms. The average molecular weight is 436 g/mol. The molecule has 4 rings (SSSR count). The lowest BCUT2D eigenvalue weighted by atomic mass is 9.97. The van der Waals surface area contributed by atoms with E-state index in [-0.39, 0.29) is 11.3 Å². The Morgan fingerprint density at radius 1 is 1.13 bits per heavy atom. The number of aryl methyl sites for hydroxylation is 2. The second kappa shape index (κ2) is 8.23. The van der Waals surface area contributed by atoms with E-state index in [1.807, 2.05) is 56.3 Å². The van der Waals surface area contributed by atoms with Crippen LogP contribution in [-0.2, 0) is 11.2 Å². The van der Waals surface area contributed by atoms with Gasteiger partial charge in [0.15, 0.2) is 5.58 Å². The Bertz CT molecular complexity index is 1230. The molecule has 0 atom stereocenters. The minimum absolute atomic E-state index is 0.166. The number of carbonyl (C=O) groups excluding carboxylic acids is 1. The van der Waals surface area contributed by atoms with Crippen LogP contribution in [0.4, 0.5) is 5.69 Å². The van der Waals surface area contributed by atoms with Crippen LogP contribution < -0.4 is 5.32 Å². The average Bonchev–Trinajstić information content (AvgIpc) is 3.29. The first-order valence-corrected chi connectivity index (χ1v) is 11.1.